The first-order valence-corrected chi connectivity index (χ1v) is 8.42. The minimum atomic E-state index is -0.384. The summed E-state index contributed by atoms with van der Waals surface area (Å²) in [6.45, 7) is 10.3. The first-order valence-electron chi connectivity index (χ1n) is 8.42. The van der Waals surface area contributed by atoms with Crippen LogP contribution < -0.4 is 5.32 Å². The molecular weight excluding hydrogens is 314 g/mol. The molecule has 0 fully saturated rings. The van der Waals surface area contributed by atoms with Gasteiger partial charge in [-0.3, -0.25) is 4.79 Å². The quantitative estimate of drug-likeness (QED) is 0.820. The van der Waals surface area contributed by atoms with E-state index in [1.165, 1.54) is 5.56 Å². The Hall–Kier alpha value is -2.62. The van der Waals surface area contributed by atoms with Crippen molar-refractivity contribution >= 4 is 17.6 Å². The van der Waals surface area contributed by atoms with E-state index in [-0.39, 0.29) is 17.3 Å². The number of hydrogen-bond donors (Lipinski definition) is 1. The summed E-state index contributed by atoms with van der Waals surface area (Å²) in [6.07, 6.45) is 0. The van der Waals surface area contributed by atoms with Gasteiger partial charge in [0, 0.05) is 11.3 Å². The lowest BCUT2D eigenvalue weighted by Gasteiger charge is -2.19. The minimum Gasteiger partial charge on any atom is -0.462 e. The minimum absolute atomic E-state index is 0.0412. The van der Waals surface area contributed by atoms with Crippen LogP contribution in [0.5, 0.6) is 0 Å². The molecule has 2 rings (SSSR count). The molecule has 0 spiro atoms. The molecular formula is C21H25NO3. The molecule has 0 atom stereocenters. The van der Waals surface area contributed by atoms with Crippen LogP contribution in [0.4, 0.5) is 5.69 Å². The Morgan fingerprint density at radius 3 is 2.24 bits per heavy atom. The zero-order valence-electron chi connectivity index (χ0n) is 15.5. The van der Waals surface area contributed by atoms with Gasteiger partial charge in [0.15, 0.2) is 0 Å². The maximum absolute atomic E-state index is 12.5. The Kier molecular flexibility index (Phi) is 5.62. The van der Waals surface area contributed by atoms with E-state index in [0.717, 1.165) is 0 Å². The molecule has 0 heterocycles. The van der Waals surface area contributed by atoms with Crippen molar-refractivity contribution in [3.8, 4) is 0 Å². The topological polar surface area (TPSA) is 55.4 Å². The molecule has 0 aromatic heterocycles. The highest BCUT2D eigenvalue weighted by Crippen LogP contribution is 2.23. The zero-order valence-corrected chi connectivity index (χ0v) is 15.5. The molecule has 1 N–H and O–H groups in total. The number of rotatable bonds is 4. The number of carbonyl (C=O) groups is 2. The third-order valence-corrected chi connectivity index (χ3v) is 4.09. The van der Waals surface area contributed by atoms with Gasteiger partial charge in [-0.15, -0.1) is 0 Å². The predicted molar refractivity (Wildman–Crippen MR) is 100 cm³/mol. The van der Waals surface area contributed by atoms with Crippen molar-refractivity contribution in [2.45, 2.75) is 40.0 Å². The number of hydrogen-bond acceptors (Lipinski definition) is 3. The highest BCUT2D eigenvalue weighted by atomic mass is 16.5. The Morgan fingerprint density at radius 1 is 1.04 bits per heavy atom. The number of esters is 1. The average Bonchev–Trinajstić information content (AvgIpc) is 2.56. The van der Waals surface area contributed by atoms with Crippen molar-refractivity contribution in [1.29, 1.82) is 0 Å². The van der Waals surface area contributed by atoms with Gasteiger partial charge in [0.2, 0.25) is 0 Å². The number of nitrogens with one attached hydrogen (secondary N) is 1. The lowest BCUT2D eigenvalue weighted by molar-refractivity contribution is 0.0525. The number of anilines is 1. The van der Waals surface area contributed by atoms with Crippen LogP contribution in [0.1, 0.15) is 59.5 Å². The van der Waals surface area contributed by atoms with Crippen molar-refractivity contribution in [2.24, 2.45) is 0 Å². The fourth-order valence-corrected chi connectivity index (χ4v) is 2.52. The molecule has 0 aliphatic heterocycles. The summed E-state index contributed by atoms with van der Waals surface area (Å²) in [6, 6.07) is 12.8. The number of carbonyl (C=O) groups excluding carboxylic acids is 2. The zero-order chi connectivity index (χ0) is 18.6. The molecule has 4 heteroatoms. The summed E-state index contributed by atoms with van der Waals surface area (Å²) < 4.78 is 5.05. The van der Waals surface area contributed by atoms with E-state index >= 15 is 0 Å². The summed E-state index contributed by atoms with van der Waals surface area (Å²) in [7, 11) is 0. The molecule has 0 bridgehead atoms. The summed E-state index contributed by atoms with van der Waals surface area (Å²) in [4.78, 5) is 24.5. The Balaban J connectivity index is 2.21. The summed E-state index contributed by atoms with van der Waals surface area (Å²) >= 11 is 0. The molecule has 2 aromatic carbocycles. The maximum atomic E-state index is 12.5. The summed E-state index contributed by atoms with van der Waals surface area (Å²) in [5.74, 6) is -0.588. The van der Waals surface area contributed by atoms with Crippen molar-refractivity contribution in [3.05, 3.63) is 64.7 Å². The van der Waals surface area contributed by atoms with Gasteiger partial charge < -0.3 is 10.1 Å². The van der Waals surface area contributed by atoms with E-state index in [4.69, 9.17) is 4.74 Å². The van der Waals surface area contributed by atoms with Crippen LogP contribution in [-0.2, 0) is 10.2 Å². The Morgan fingerprint density at radius 2 is 1.68 bits per heavy atom. The van der Waals surface area contributed by atoms with Gasteiger partial charge in [0.25, 0.3) is 5.91 Å². The molecule has 0 saturated heterocycles. The highest BCUT2D eigenvalue weighted by molar-refractivity contribution is 6.05. The molecule has 0 aliphatic rings. The van der Waals surface area contributed by atoms with Crippen molar-refractivity contribution in [1.82, 2.24) is 0 Å². The van der Waals surface area contributed by atoms with Crippen LogP contribution in [0.2, 0.25) is 0 Å². The van der Waals surface area contributed by atoms with Gasteiger partial charge in [0.1, 0.15) is 0 Å². The molecule has 0 saturated carbocycles. The monoisotopic (exact) mass is 339 g/mol. The normalized spacial score (nSPS) is 11.1. The second kappa shape index (κ2) is 7.51. The van der Waals surface area contributed by atoms with Gasteiger partial charge in [0.05, 0.1) is 12.2 Å². The molecule has 2 aromatic rings. The Bertz CT molecular complexity index is 771. The molecule has 0 radical (unpaired) electrons. The molecule has 0 aliphatic carbocycles. The van der Waals surface area contributed by atoms with Gasteiger partial charge >= 0.3 is 5.97 Å². The number of amides is 1. The van der Waals surface area contributed by atoms with Gasteiger partial charge in [-0.25, -0.2) is 4.79 Å². The lowest BCUT2D eigenvalue weighted by atomic mass is 9.86. The third kappa shape index (κ3) is 4.47. The standard InChI is InChI=1S/C21H25NO3/c1-6-25-20(24)17-8-7-9-18(14(17)2)22-19(23)15-10-12-16(13-11-15)21(3,4)5/h7-13H,6H2,1-5H3,(H,22,23). The molecule has 25 heavy (non-hydrogen) atoms. The van der Waals surface area contributed by atoms with Crippen molar-refractivity contribution in [3.63, 3.8) is 0 Å². The molecule has 0 unspecified atom stereocenters. The number of benzene rings is 2. The fraction of sp³-hybridized carbons (Fsp3) is 0.333. The molecule has 4 nitrogen and oxygen atoms in total. The van der Waals surface area contributed by atoms with Crippen LogP contribution in [0.25, 0.3) is 0 Å². The maximum Gasteiger partial charge on any atom is 0.338 e. The molecule has 132 valence electrons. The van der Waals surface area contributed by atoms with E-state index in [1.807, 2.05) is 24.3 Å². The number of ether oxygens (including phenoxy) is 1. The van der Waals surface area contributed by atoms with Crippen LogP contribution >= 0.6 is 0 Å². The summed E-state index contributed by atoms with van der Waals surface area (Å²) in [5, 5.41) is 2.88. The first kappa shape index (κ1) is 18.7. The lowest BCUT2D eigenvalue weighted by Crippen LogP contribution is -2.16. The SMILES string of the molecule is CCOC(=O)c1cccc(NC(=O)c2ccc(C(C)(C)C)cc2)c1C. The van der Waals surface area contributed by atoms with E-state index in [9.17, 15) is 9.59 Å². The van der Waals surface area contributed by atoms with E-state index in [2.05, 4.69) is 26.1 Å². The summed E-state index contributed by atoms with van der Waals surface area (Å²) in [5.41, 5.74) is 3.55. The smallest absolute Gasteiger partial charge is 0.338 e. The second-order valence-electron chi connectivity index (χ2n) is 6.98. The predicted octanol–water partition coefficient (Wildman–Crippen LogP) is 4.72. The van der Waals surface area contributed by atoms with Crippen LogP contribution in [0.3, 0.4) is 0 Å². The van der Waals surface area contributed by atoms with Crippen molar-refractivity contribution in [2.75, 3.05) is 11.9 Å². The van der Waals surface area contributed by atoms with Crippen LogP contribution in [-0.4, -0.2) is 18.5 Å². The van der Waals surface area contributed by atoms with Gasteiger partial charge in [-0.1, -0.05) is 39.0 Å². The highest BCUT2D eigenvalue weighted by Gasteiger charge is 2.16. The third-order valence-electron chi connectivity index (χ3n) is 4.09. The van der Waals surface area contributed by atoms with E-state index < -0.39 is 0 Å². The Labute approximate surface area is 149 Å². The largest absolute Gasteiger partial charge is 0.462 e. The van der Waals surface area contributed by atoms with Crippen molar-refractivity contribution < 1.29 is 14.3 Å². The van der Waals surface area contributed by atoms with Gasteiger partial charge in [-0.05, 0) is 54.7 Å². The van der Waals surface area contributed by atoms with Crippen LogP contribution in [0, 0.1) is 6.92 Å². The first-order chi connectivity index (χ1) is 11.7. The second-order valence-corrected chi connectivity index (χ2v) is 6.98. The van der Waals surface area contributed by atoms with Crippen LogP contribution in [0.15, 0.2) is 42.5 Å². The average molecular weight is 339 g/mol. The molecule has 1 amide bonds. The van der Waals surface area contributed by atoms with E-state index in [1.54, 1.807) is 32.0 Å². The fourth-order valence-electron chi connectivity index (χ4n) is 2.52. The van der Waals surface area contributed by atoms with Gasteiger partial charge in [-0.2, -0.15) is 0 Å². The van der Waals surface area contributed by atoms with E-state index in [0.29, 0.717) is 29.0 Å².